The normalized spacial score (nSPS) is 10.3. The number of carbonyl (C=O) groups is 2. The summed E-state index contributed by atoms with van der Waals surface area (Å²) in [6, 6.07) is 18.1. The number of hydrogen-bond donors (Lipinski definition) is 3. The summed E-state index contributed by atoms with van der Waals surface area (Å²) in [5.41, 5.74) is 1.24. The van der Waals surface area contributed by atoms with Gasteiger partial charge in [-0.2, -0.15) is 0 Å². The predicted molar refractivity (Wildman–Crippen MR) is 110 cm³/mol. The van der Waals surface area contributed by atoms with Crippen LogP contribution in [0.4, 0.5) is 30.2 Å². The zero-order chi connectivity index (χ0) is 22.2. The lowest BCUT2D eigenvalue weighted by Crippen LogP contribution is -2.36. The number of hydrogen-bond acceptors (Lipinski definition) is 4. The fraction of sp³-hybridized carbons (Fsp3) is 0.0909. The van der Waals surface area contributed by atoms with Gasteiger partial charge in [-0.3, -0.25) is 9.59 Å². The van der Waals surface area contributed by atoms with Crippen LogP contribution in [0.2, 0.25) is 0 Å². The lowest BCUT2D eigenvalue weighted by atomic mass is 10.2. The number of carbonyl (C=O) groups excluding carboxylic acids is 2. The summed E-state index contributed by atoms with van der Waals surface area (Å²) < 4.78 is 44.9. The molecule has 0 fully saturated rings. The quantitative estimate of drug-likeness (QED) is 0.474. The molecule has 3 rings (SSSR count). The van der Waals surface area contributed by atoms with Crippen molar-refractivity contribution in [3.8, 4) is 5.75 Å². The van der Waals surface area contributed by atoms with Gasteiger partial charge in [-0.1, -0.05) is 18.2 Å². The molecule has 0 atom stereocenters. The topological polar surface area (TPSA) is 79.5 Å². The standard InChI is InChI=1S/C22H18F3N3O3/c23-17-10-11-18(22(25)21(17)24)28-19(29)12-26-20(30)13-31-16-8-6-15(7-9-16)27-14-4-2-1-3-5-14/h1-11,27H,12-13H2,(H,26,30)(H,28,29). The molecule has 9 heteroatoms. The maximum atomic E-state index is 13.5. The van der Waals surface area contributed by atoms with Crippen molar-refractivity contribution in [3.63, 3.8) is 0 Å². The molecule has 0 spiro atoms. The fourth-order valence-corrected chi connectivity index (χ4v) is 2.52. The van der Waals surface area contributed by atoms with E-state index in [0.29, 0.717) is 11.8 Å². The number of rotatable bonds is 8. The molecule has 0 aliphatic carbocycles. The van der Waals surface area contributed by atoms with Gasteiger partial charge in [-0.05, 0) is 48.5 Å². The first kappa shape index (κ1) is 21.7. The van der Waals surface area contributed by atoms with Gasteiger partial charge in [0.25, 0.3) is 5.91 Å². The number of benzene rings is 3. The molecule has 31 heavy (non-hydrogen) atoms. The Hall–Kier alpha value is -4.01. The Morgan fingerprint density at radius 2 is 1.45 bits per heavy atom. The maximum Gasteiger partial charge on any atom is 0.258 e. The Bertz CT molecular complexity index is 1060. The van der Waals surface area contributed by atoms with Crippen molar-refractivity contribution in [2.75, 3.05) is 23.8 Å². The van der Waals surface area contributed by atoms with Gasteiger partial charge >= 0.3 is 0 Å². The predicted octanol–water partition coefficient (Wildman–Crippen LogP) is 3.98. The van der Waals surface area contributed by atoms with Crippen LogP contribution in [0.25, 0.3) is 0 Å². The van der Waals surface area contributed by atoms with E-state index in [1.165, 1.54) is 0 Å². The Balaban J connectivity index is 1.42. The molecule has 0 saturated carbocycles. The molecular weight excluding hydrogens is 411 g/mol. The second-order valence-corrected chi connectivity index (χ2v) is 6.35. The van der Waals surface area contributed by atoms with Gasteiger partial charge < -0.3 is 20.7 Å². The van der Waals surface area contributed by atoms with Gasteiger partial charge in [-0.25, -0.2) is 13.2 Å². The molecule has 2 amide bonds. The van der Waals surface area contributed by atoms with Crippen LogP contribution in [0, 0.1) is 17.5 Å². The molecule has 0 saturated heterocycles. The van der Waals surface area contributed by atoms with Crippen LogP contribution in [0.5, 0.6) is 5.75 Å². The number of para-hydroxylation sites is 1. The average Bonchev–Trinajstić information content (AvgIpc) is 2.78. The average molecular weight is 429 g/mol. The van der Waals surface area contributed by atoms with E-state index in [4.69, 9.17) is 4.74 Å². The van der Waals surface area contributed by atoms with Crippen LogP contribution >= 0.6 is 0 Å². The van der Waals surface area contributed by atoms with E-state index in [1.807, 2.05) is 30.3 Å². The Morgan fingerprint density at radius 1 is 0.774 bits per heavy atom. The molecule has 160 valence electrons. The van der Waals surface area contributed by atoms with Crippen LogP contribution in [-0.4, -0.2) is 25.0 Å². The second kappa shape index (κ2) is 10.1. The van der Waals surface area contributed by atoms with E-state index < -0.39 is 41.5 Å². The van der Waals surface area contributed by atoms with E-state index in [0.717, 1.165) is 17.4 Å². The molecule has 3 aromatic rings. The van der Waals surface area contributed by atoms with Gasteiger partial charge in [0.05, 0.1) is 12.2 Å². The Kier molecular flexibility index (Phi) is 7.10. The molecule has 0 unspecified atom stereocenters. The summed E-state index contributed by atoms with van der Waals surface area (Å²) in [5.74, 6) is -5.54. The molecule has 6 nitrogen and oxygen atoms in total. The number of ether oxygens (including phenoxy) is 1. The van der Waals surface area contributed by atoms with Crippen molar-refractivity contribution < 1.29 is 27.5 Å². The highest BCUT2D eigenvalue weighted by atomic mass is 19.2. The van der Waals surface area contributed by atoms with Crippen molar-refractivity contribution in [1.82, 2.24) is 5.32 Å². The molecule has 3 N–H and O–H groups in total. The van der Waals surface area contributed by atoms with Crippen LogP contribution in [-0.2, 0) is 9.59 Å². The van der Waals surface area contributed by atoms with Crippen LogP contribution in [0.3, 0.4) is 0 Å². The minimum absolute atomic E-state index is 0.349. The minimum atomic E-state index is -1.69. The second-order valence-electron chi connectivity index (χ2n) is 6.35. The van der Waals surface area contributed by atoms with Crippen molar-refractivity contribution in [1.29, 1.82) is 0 Å². The highest BCUT2D eigenvalue weighted by Crippen LogP contribution is 2.20. The first-order valence-corrected chi connectivity index (χ1v) is 9.17. The number of anilines is 3. The van der Waals surface area contributed by atoms with E-state index >= 15 is 0 Å². The van der Waals surface area contributed by atoms with Crippen molar-refractivity contribution in [2.45, 2.75) is 0 Å². The van der Waals surface area contributed by atoms with E-state index in [1.54, 1.807) is 24.3 Å². The smallest absolute Gasteiger partial charge is 0.258 e. The zero-order valence-electron chi connectivity index (χ0n) is 16.1. The Labute approximate surface area is 176 Å². The first-order valence-electron chi connectivity index (χ1n) is 9.17. The lowest BCUT2D eigenvalue weighted by Gasteiger charge is -2.10. The summed E-state index contributed by atoms with van der Waals surface area (Å²) in [6.07, 6.45) is 0. The van der Waals surface area contributed by atoms with Crippen molar-refractivity contribution >= 4 is 28.9 Å². The summed E-state index contributed by atoms with van der Waals surface area (Å²) in [7, 11) is 0. The molecule has 0 bridgehead atoms. The highest BCUT2D eigenvalue weighted by molar-refractivity contribution is 5.94. The Morgan fingerprint density at radius 3 is 2.16 bits per heavy atom. The van der Waals surface area contributed by atoms with Crippen LogP contribution < -0.4 is 20.7 Å². The summed E-state index contributed by atoms with van der Waals surface area (Å²) >= 11 is 0. The van der Waals surface area contributed by atoms with Gasteiger partial charge in [0, 0.05) is 11.4 Å². The van der Waals surface area contributed by atoms with E-state index in [9.17, 15) is 22.8 Å². The first-order chi connectivity index (χ1) is 14.9. The molecule has 3 aromatic carbocycles. The van der Waals surface area contributed by atoms with Crippen LogP contribution in [0.15, 0.2) is 66.7 Å². The third-order valence-electron chi connectivity index (χ3n) is 4.04. The molecular formula is C22H18F3N3O3. The third kappa shape index (κ3) is 6.23. The van der Waals surface area contributed by atoms with E-state index in [-0.39, 0.29) is 6.61 Å². The molecule has 0 aromatic heterocycles. The van der Waals surface area contributed by atoms with Gasteiger partial charge in [0.15, 0.2) is 24.1 Å². The third-order valence-corrected chi connectivity index (χ3v) is 4.04. The molecule has 0 aliphatic rings. The summed E-state index contributed by atoms with van der Waals surface area (Å²) in [4.78, 5) is 23.6. The molecule has 0 heterocycles. The number of halogens is 3. The fourth-order valence-electron chi connectivity index (χ4n) is 2.52. The monoisotopic (exact) mass is 429 g/mol. The maximum absolute atomic E-state index is 13.5. The van der Waals surface area contributed by atoms with Gasteiger partial charge in [0.2, 0.25) is 5.91 Å². The van der Waals surface area contributed by atoms with E-state index in [2.05, 4.69) is 16.0 Å². The summed E-state index contributed by atoms with van der Waals surface area (Å²) in [6.45, 7) is -0.848. The number of amides is 2. The van der Waals surface area contributed by atoms with Gasteiger partial charge in [-0.15, -0.1) is 0 Å². The van der Waals surface area contributed by atoms with Crippen molar-refractivity contribution in [3.05, 3.63) is 84.2 Å². The lowest BCUT2D eigenvalue weighted by molar-refractivity contribution is -0.125. The van der Waals surface area contributed by atoms with Gasteiger partial charge in [0.1, 0.15) is 5.75 Å². The summed E-state index contributed by atoms with van der Waals surface area (Å²) in [5, 5.41) is 7.54. The number of nitrogens with one attached hydrogen (secondary N) is 3. The highest BCUT2D eigenvalue weighted by Gasteiger charge is 2.15. The van der Waals surface area contributed by atoms with Crippen LogP contribution in [0.1, 0.15) is 0 Å². The molecule has 0 radical (unpaired) electrons. The largest absolute Gasteiger partial charge is 0.484 e. The SMILES string of the molecule is O=C(COc1ccc(Nc2ccccc2)cc1)NCC(=O)Nc1ccc(F)c(F)c1F. The minimum Gasteiger partial charge on any atom is -0.484 e. The zero-order valence-corrected chi connectivity index (χ0v) is 16.1. The molecule has 0 aliphatic heterocycles. The van der Waals surface area contributed by atoms with Crippen molar-refractivity contribution in [2.24, 2.45) is 0 Å².